The lowest BCUT2D eigenvalue weighted by molar-refractivity contribution is 0.0690. The molecular formula is C12H23N5O2. The van der Waals surface area contributed by atoms with Crippen LogP contribution in [0.1, 0.15) is 31.3 Å². The Morgan fingerprint density at radius 1 is 1.53 bits per heavy atom. The molecule has 0 fully saturated rings. The Kier molecular flexibility index (Phi) is 6.44. The average molecular weight is 269 g/mol. The van der Waals surface area contributed by atoms with Crippen LogP contribution in [0.25, 0.3) is 0 Å². The van der Waals surface area contributed by atoms with Crippen LogP contribution in [0, 0.1) is 0 Å². The van der Waals surface area contributed by atoms with Gasteiger partial charge in [-0.25, -0.2) is 4.79 Å². The number of carboxylic acids is 1. The smallest absolute Gasteiger partial charge is 0.358 e. The summed E-state index contributed by atoms with van der Waals surface area (Å²) in [6, 6.07) is 0.391. The van der Waals surface area contributed by atoms with E-state index in [-0.39, 0.29) is 5.69 Å². The van der Waals surface area contributed by atoms with Gasteiger partial charge in [-0.05, 0) is 20.0 Å². The zero-order valence-electron chi connectivity index (χ0n) is 11.8. The minimum Gasteiger partial charge on any atom is -0.476 e. The number of hydrogen-bond donors (Lipinski definition) is 2. The Bertz CT molecular complexity index is 389. The first-order chi connectivity index (χ1) is 9.06. The molecule has 19 heavy (non-hydrogen) atoms. The highest BCUT2D eigenvalue weighted by Gasteiger charge is 2.09. The number of likely N-dealkylation sites (N-methyl/N-ethyl adjacent to an activating group) is 1. The number of carboxylic acid groups (broad SMARTS) is 1. The number of hydrogen-bond acceptors (Lipinski definition) is 5. The molecule has 0 aliphatic heterocycles. The van der Waals surface area contributed by atoms with Crippen molar-refractivity contribution in [3.63, 3.8) is 0 Å². The molecule has 1 aromatic heterocycles. The van der Waals surface area contributed by atoms with Crippen LogP contribution in [0.4, 0.5) is 0 Å². The highest BCUT2D eigenvalue weighted by Crippen LogP contribution is 1.94. The maximum Gasteiger partial charge on any atom is 0.358 e. The maximum atomic E-state index is 10.6. The fraction of sp³-hybridized carbons (Fsp3) is 0.750. The van der Waals surface area contributed by atoms with Crippen LogP contribution in [0.5, 0.6) is 0 Å². The molecule has 0 saturated heterocycles. The summed E-state index contributed by atoms with van der Waals surface area (Å²) in [6.45, 7) is 10.9. The van der Waals surface area contributed by atoms with Crippen molar-refractivity contribution in [2.24, 2.45) is 0 Å². The summed E-state index contributed by atoms with van der Waals surface area (Å²) in [4.78, 5) is 13.0. The monoisotopic (exact) mass is 269 g/mol. The van der Waals surface area contributed by atoms with Crippen LogP contribution < -0.4 is 5.32 Å². The Morgan fingerprint density at radius 2 is 2.21 bits per heavy atom. The van der Waals surface area contributed by atoms with Gasteiger partial charge in [-0.3, -0.25) is 4.68 Å². The maximum absolute atomic E-state index is 10.6. The first kappa shape index (κ1) is 15.6. The van der Waals surface area contributed by atoms with Gasteiger partial charge in [0.1, 0.15) is 0 Å². The zero-order valence-corrected chi connectivity index (χ0v) is 11.8. The lowest BCUT2D eigenvalue weighted by atomic mass is 10.3. The number of aromatic carboxylic acids is 1. The standard InChI is InChI=1S/C12H23N5O2/c1-4-16(5-2)8-10(3)13-6-7-17-9-11(12(18)19)14-15-17/h9-10,13H,4-8H2,1-3H3,(H,18,19). The summed E-state index contributed by atoms with van der Waals surface area (Å²) in [7, 11) is 0. The molecule has 0 aliphatic rings. The second-order valence-electron chi connectivity index (χ2n) is 4.51. The molecule has 0 bridgehead atoms. The van der Waals surface area contributed by atoms with Gasteiger partial charge in [-0.1, -0.05) is 19.1 Å². The summed E-state index contributed by atoms with van der Waals surface area (Å²) in [5, 5.41) is 19.4. The molecule has 0 amide bonds. The minimum atomic E-state index is -1.05. The van der Waals surface area contributed by atoms with Crippen molar-refractivity contribution < 1.29 is 9.90 Å². The molecule has 108 valence electrons. The third kappa shape index (κ3) is 5.35. The van der Waals surface area contributed by atoms with E-state index >= 15 is 0 Å². The molecule has 0 saturated carbocycles. The molecule has 0 aromatic carbocycles. The van der Waals surface area contributed by atoms with Crippen molar-refractivity contribution in [1.29, 1.82) is 0 Å². The summed E-state index contributed by atoms with van der Waals surface area (Å²) in [5.41, 5.74) is -0.0174. The van der Waals surface area contributed by atoms with Gasteiger partial charge in [0.25, 0.3) is 0 Å². The largest absolute Gasteiger partial charge is 0.476 e. The van der Waals surface area contributed by atoms with E-state index in [0.29, 0.717) is 12.6 Å². The summed E-state index contributed by atoms with van der Waals surface area (Å²) in [5.74, 6) is -1.05. The topological polar surface area (TPSA) is 83.3 Å². The highest BCUT2D eigenvalue weighted by molar-refractivity contribution is 5.84. The van der Waals surface area contributed by atoms with Crippen molar-refractivity contribution in [3.8, 4) is 0 Å². The Balaban J connectivity index is 2.27. The number of rotatable bonds is 9. The van der Waals surface area contributed by atoms with Gasteiger partial charge in [-0.15, -0.1) is 5.10 Å². The van der Waals surface area contributed by atoms with Crippen molar-refractivity contribution >= 4 is 5.97 Å². The predicted molar refractivity (Wildman–Crippen MR) is 72.2 cm³/mol. The lowest BCUT2D eigenvalue weighted by Crippen LogP contribution is -2.40. The van der Waals surface area contributed by atoms with Crippen molar-refractivity contribution in [2.45, 2.75) is 33.4 Å². The molecule has 7 nitrogen and oxygen atoms in total. The third-order valence-electron chi connectivity index (χ3n) is 3.02. The summed E-state index contributed by atoms with van der Waals surface area (Å²) < 4.78 is 1.54. The van der Waals surface area contributed by atoms with Crippen LogP contribution >= 0.6 is 0 Å². The summed E-state index contributed by atoms with van der Waals surface area (Å²) >= 11 is 0. The fourth-order valence-electron chi connectivity index (χ4n) is 1.86. The minimum absolute atomic E-state index is 0.0174. The van der Waals surface area contributed by atoms with E-state index in [4.69, 9.17) is 5.11 Å². The average Bonchev–Trinajstić information content (AvgIpc) is 2.85. The molecule has 0 aliphatic carbocycles. The first-order valence-electron chi connectivity index (χ1n) is 6.66. The van der Waals surface area contributed by atoms with Gasteiger partial charge < -0.3 is 15.3 Å². The van der Waals surface area contributed by atoms with E-state index in [1.807, 2.05) is 0 Å². The van der Waals surface area contributed by atoms with Crippen LogP contribution in [-0.4, -0.2) is 63.2 Å². The van der Waals surface area contributed by atoms with E-state index in [9.17, 15) is 4.79 Å². The molecule has 2 N–H and O–H groups in total. The van der Waals surface area contributed by atoms with Gasteiger partial charge in [0.05, 0.1) is 12.7 Å². The molecule has 7 heteroatoms. The number of nitrogens with zero attached hydrogens (tertiary/aromatic N) is 4. The van der Waals surface area contributed by atoms with E-state index in [1.165, 1.54) is 6.20 Å². The molecule has 1 unspecified atom stereocenters. The Hall–Kier alpha value is -1.47. The van der Waals surface area contributed by atoms with Gasteiger partial charge in [0, 0.05) is 19.1 Å². The number of carbonyl (C=O) groups is 1. The summed E-state index contributed by atoms with van der Waals surface area (Å²) in [6.07, 6.45) is 1.44. The quantitative estimate of drug-likeness (QED) is 0.670. The second-order valence-corrected chi connectivity index (χ2v) is 4.51. The molecule has 1 aromatic rings. The van der Waals surface area contributed by atoms with E-state index in [0.717, 1.165) is 26.2 Å². The second kappa shape index (κ2) is 7.85. The van der Waals surface area contributed by atoms with Crippen LogP contribution in [0.2, 0.25) is 0 Å². The molecular weight excluding hydrogens is 246 g/mol. The third-order valence-corrected chi connectivity index (χ3v) is 3.02. The molecule has 1 atom stereocenters. The van der Waals surface area contributed by atoms with E-state index in [1.54, 1.807) is 4.68 Å². The predicted octanol–water partition coefficient (Wildman–Crippen LogP) is 0.296. The molecule has 1 rings (SSSR count). The van der Waals surface area contributed by atoms with Crippen molar-refractivity contribution in [2.75, 3.05) is 26.2 Å². The molecule has 1 heterocycles. The highest BCUT2D eigenvalue weighted by atomic mass is 16.4. The normalized spacial score (nSPS) is 12.8. The lowest BCUT2D eigenvalue weighted by Gasteiger charge is -2.23. The number of aromatic nitrogens is 3. The van der Waals surface area contributed by atoms with Crippen LogP contribution in [0.15, 0.2) is 6.20 Å². The van der Waals surface area contributed by atoms with Crippen molar-refractivity contribution in [3.05, 3.63) is 11.9 Å². The SMILES string of the molecule is CCN(CC)CC(C)NCCn1cc(C(=O)O)nn1. The Labute approximate surface area is 113 Å². The van der Waals surface area contributed by atoms with Crippen LogP contribution in [0.3, 0.4) is 0 Å². The van der Waals surface area contributed by atoms with Crippen LogP contribution in [-0.2, 0) is 6.54 Å². The van der Waals surface area contributed by atoms with Gasteiger partial charge in [0.15, 0.2) is 5.69 Å². The zero-order chi connectivity index (χ0) is 14.3. The van der Waals surface area contributed by atoms with Gasteiger partial charge in [0.2, 0.25) is 0 Å². The first-order valence-corrected chi connectivity index (χ1v) is 6.66. The van der Waals surface area contributed by atoms with Crippen molar-refractivity contribution in [1.82, 2.24) is 25.2 Å². The molecule has 0 radical (unpaired) electrons. The molecule has 0 spiro atoms. The van der Waals surface area contributed by atoms with E-state index in [2.05, 4.69) is 41.3 Å². The fourth-order valence-corrected chi connectivity index (χ4v) is 1.86. The van der Waals surface area contributed by atoms with Gasteiger partial charge >= 0.3 is 5.97 Å². The van der Waals surface area contributed by atoms with E-state index < -0.39 is 5.97 Å². The number of nitrogens with one attached hydrogen (secondary N) is 1. The Morgan fingerprint density at radius 3 is 2.74 bits per heavy atom. The van der Waals surface area contributed by atoms with Gasteiger partial charge in [-0.2, -0.15) is 0 Å².